The molecule has 2 rings (SSSR count). The molecule has 0 aliphatic heterocycles. The summed E-state index contributed by atoms with van der Waals surface area (Å²) in [7, 11) is 0. The fourth-order valence-electron chi connectivity index (χ4n) is 3.28. The molecule has 0 saturated heterocycles. The van der Waals surface area contributed by atoms with Gasteiger partial charge in [-0.05, 0) is 44.4 Å². The maximum Gasteiger partial charge on any atom is 0.253 e. The van der Waals surface area contributed by atoms with Crippen LogP contribution in [-0.4, -0.2) is 29.8 Å². The Hall–Kier alpha value is -1.84. The molecule has 1 aromatic carbocycles. The van der Waals surface area contributed by atoms with Crippen molar-refractivity contribution in [2.24, 2.45) is 5.92 Å². The van der Waals surface area contributed by atoms with Gasteiger partial charge in [-0.15, -0.1) is 0 Å². The van der Waals surface area contributed by atoms with Gasteiger partial charge in [-0.2, -0.15) is 0 Å². The first-order chi connectivity index (χ1) is 11.1. The molecule has 23 heavy (non-hydrogen) atoms. The summed E-state index contributed by atoms with van der Waals surface area (Å²) in [6, 6.07) is 7.23. The lowest BCUT2D eigenvalue weighted by molar-refractivity contribution is -0.116. The minimum atomic E-state index is 0.0112. The quantitative estimate of drug-likeness (QED) is 0.824. The van der Waals surface area contributed by atoms with Gasteiger partial charge in [-0.3, -0.25) is 9.59 Å². The number of anilines is 1. The van der Waals surface area contributed by atoms with Crippen molar-refractivity contribution in [1.29, 1.82) is 0 Å². The van der Waals surface area contributed by atoms with Gasteiger partial charge in [-0.1, -0.05) is 31.7 Å². The van der Waals surface area contributed by atoms with Crippen LogP contribution >= 0.6 is 0 Å². The molecule has 1 fully saturated rings. The van der Waals surface area contributed by atoms with Crippen LogP contribution in [0.1, 0.15) is 62.7 Å². The van der Waals surface area contributed by atoms with E-state index in [-0.39, 0.29) is 11.8 Å². The van der Waals surface area contributed by atoms with Crippen LogP contribution in [0.5, 0.6) is 0 Å². The van der Waals surface area contributed by atoms with Crippen LogP contribution in [0.15, 0.2) is 24.3 Å². The van der Waals surface area contributed by atoms with Crippen molar-refractivity contribution in [2.45, 2.75) is 52.4 Å². The molecule has 0 heterocycles. The predicted molar refractivity (Wildman–Crippen MR) is 93.5 cm³/mol. The number of carbonyl (C=O) groups is 2. The number of carbonyl (C=O) groups excluding carboxylic acids is 2. The maximum absolute atomic E-state index is 12.4. The molecule has 0 unspecified atom stereocenters. The van der Waals surface area contributed by atoms with E-state index in [4.69, 9.17) is 0 Å². The molecule has 1 aliphatic rings. The molecule has 1 aliphatic carbocycles. The normalized spacial score (nSPS) is 14.7. The van der Waals surface area contributed by atoms with Gasteiger partial charge >= 0.3 is 0 Å². The third-order valence-electron chi connectivity index (χ3n) is 4.70. The Morgan fingerprint density at radius 3 is 2.52 bits per heavy atom. The largest absolute Gasteiger partial charge is 0.339 e. The van der Waals surface area contributed by atoms with Crippen molar-refractivity contribution < 1.29 is 9.59 Å². The van der Waals surface area contributed by atoms with Crippen molar-refractivity contribution in [3.63, 3.8) is 0 Å². The van der Waals surface area contributed by atoms with E-state index >= 15 is 0 Å². The Labute approximate surface area is 139 Å². The van der Waals surface area contributed by atoms with Gasteiger partial charge in [0.1, 0.15) is 0 Å². The zero-order valence-electron chi connectivity index (χ0n) is 14.3. The zero-order chi connectivity index (χ0) is 16.7. The molecule has 0 atom stereocenters. The van der Waals surface area contributed by atoms with E-state index in [0.717, 1.165) is 12.3 Å². The molecule has 0 bridgehead atoms. The van der Waals surface area contributed by atoms with Crippen LogP contribution in [0.25, 0.3) is 0 Å². The summed E-state index contributed by atoms with van der Waals surface area (Å²) in [5, 5.41) is 2.93. The number of nitrogens with zero attached hydrogens (tertiary/aromatic N) is 1. The van der Waals surface area contributed by atoms with E-state index in [9.17, 15) is 9.59 Å². The summed E-state index contributed by atoms with van der Waals surface area (Å²) in [6.45, 7) is 5.31. The van der Waals surface area contributed by atoms with E-state index in [1.54, 1.807) is 17.0 Å². The van der Waals surface area contributed by atoms with E-state index in [0.29, 0.717) is 30.8 Å². The maximum atomic E-state index is 12.4. The monoisotopic (exact) mass is 316 g/mol. The van der Waals surface area contributed by atoms with E-state index in [1.807, 2.05) is 26.0 Å². The Kier molecular flexibility index (Phi) is 6.63. The average molecular weight is 316 g/mol. The molecule has 0 spiro atoms. The second kappa shape index (κ2) is 8.70. The van der Waals surface area contributed by atoms with Crippen molar-refractivity contribution in [3.8, 4) is 0 Å². The minimum Gasteiger partial charge on any atom is -0.339 e. The van der Waals surface area contributed by atoms with Crippen LogP contribution < -0.4 is 5.32 Å². The SMILES string of the molecule is CCN(CC)C(=O)c1cccc(NC(=O)CCC2CCCC2)c1. The Balaban J connectivity index is 1.91. The number of rotatable bonds is 7. The molecule has 2 amide bonds. The third kappa shape index (κ3) is 5.08. The van der Waals surface area contributed by atoms with Crippen LogP contribution in [0, 0.1) is 5.92 Å². The first-order valence-corrected chi connectivity index (χ1v) is 8.83. The predicted octanol–water partition coefficient (Wildman–Crippen LogP) is 4.08. The molecule has 0 radical (unpaired) electrons. The highest BCUT2D eigenvalue weighted by atomic mass is 16.2. The van der Waals surface area contributed by atoms with Gasteiger partial charge in [0.2, 0.25) is 5.91 Å². The van der Waals surface area contributed by atoms with Crippen molar-refractivity contribution >= 4 is 17.5 Å². The van der Waals surface area contributed by atoms with Crippen LogP contribution in [0.2, 0.25) is 0 Å². The Morgan fingerprint density at radius 1 is 1.17 bits per heavy atom. The highest BCUT2D eigenvalue weighted by Gasteiger charge is 2.17. The van der Waals surface area contributed by atoms with Gasteiger partial charge in [0.05, 0.1) is 0 Å². The number of hydrogen-bond donors (Lipinski definition) is 1. The molecule has 1 N–H and O–H groups in total. The fraction of sp³-hybridized carbons (Fsp3) is 0.579. The van der Waals surface area contributed by atoms with E-state index in [1.165, 1.54) is 25.7 Å². The molecule has 0 aromatic heterocycles. The lowest BCUT2D eigenvalue weighted by atomic mass is 10.0. The average Bonchev–Trinajstić information content (AvgIpc) is 3.08. The summed E-state index contributed by atoms with van der Waals surface area (Å²) >= 11 is 0. The van der Waals surface area contributed by atoms with Crippen LogP contribution in [0.3, 0.4) is 0 Å². The molecule has 1 aromatic rings. The first-order valence-electron chi connectivity index (χ1n) is 8.83. The van der Waals surface area contributed by atoms with Crippen LogP contribution in [-0.2, 0) is 4.79 Å². The second-order valence-electron chi connectivity index (χ2n) is 6.30. The third-order valence-corrected chi connectivity index (χ3v) is 4.70. The summed E-state index contributed by atoms with van der Waals surface area (Å²) in [5.74, 6) is 0.776. The van der Waals surface area contributed by atoms with Gasteiger partial charge in [-0.25, -0.2) is 0 Å². The standard InChI is InChI=1S/C19H28N2O2/c1-3-21(4-2)19(23)16-10-7-11-17(14-16)20-18(22)13-12-15-8-5-6-9-15/h7,10-11,14-15H,3-6,8-9,12-13H2,1-2H3,(H,20,22). The number of hydrogen-bond acceptors (Lipinski definition) is 2. The Bertz CT molecular complexity index is 532. The van der Waals surface area contributed by atoms with Crippen LogP contribution in [0.4, 0.5) is 5.69 Å². The van der Waals surface area contributed by atoms with Gasteiger partial charge < -0.3 is 10.2 Å². The lowest BCUT2D eigenvalue weighted by Crippen LogP contribution is -2.30. The van der Waals surface area contributed by atoms with Crippen molar-refractivity contribution in [1.82, 2.24) is 4.90 Å². The second-order valence-corrected chi connectivity index (χ2v) is 6.30. The number of nitrogens with one attached hydrogen (secondary N) is 1. The molecular formula is C19H28N2O2. The summed E-state index contributed by atoms with van der Waals surface area (Å²) in [6.07, 6.45) is 6.69. The molecule has 4 nitrogen and oxygen atoms in total. The summed E-state index contributed by atoms with van der Waals surface area (Å²) < 4.78 is 0. The fourth-order valence-corrected chi connectivity index (χ4v) is 3.28. The zero-order valence-corrected chi connectivity index (χ0v) is 14.3. The molecular weight excluding hydrogens is 288 g/mol. The summed E-state index contributed by atoms with van der Waals surface area (Å²) in [4.78, 5) is 26.2. The minimum absolute atomic E-state index is 0.0112. The molecule has 1 saturated carbocycles. The van der Waals surface area contributed by atoms with E-state index in [2.05, 4.69) is 5.32 Å². The first kappa shape index (κ1) is 17.5. The highest BCUT2D eigenvalue weighted by molar-refractivity contribution is 5.97. The highest BCUT2D eigenvalue weighted by Crippen LogP contribution is 2.28. The van der Waals surface area contributed by atoms with Gasteiger partial charge in [0.25, 0.3) is 5.91 Å². The molecule has 126 valence electrons. The van der Waals surface area contributed by atoms with Gasteiger partial charge in [0.15, 0.2) is 0 Å². The van der Waals surface area contributed by atoms with E-state index < -0.39 is 0 Å². The Morgan fingerprint density at radius 2 is 1.87 bits per heavy atom. The van der Waals surface area contributed by atoms with Crippen molar-refractivity contribution in [2.75, 3.05) is 18.4 Å². The number of amides is 2. The van der Waals surface area contributed by atoms with Gasteiger partial charge in [0, 0.05) is 30.8 Å². The smallest absolute Gasteiger partial charge is 0.253 e. The van der Waals surface area contributed by atoms with Crippen molar-refractivity contribution in [3.05, 3.63) is 29.8 Å². The molecule has 4 heteroatoms. The number of benzene rings is 1. The topological polar surface area (TPSA) is 49.4 Å². The summed E-state index contributed by atoms with van der Waals surface area (Å²) in [5.41, 5.74) is 1.33. The lowest BCUT2D eigenvalue weighted by Gasteiger charge is -2.19.